The van der Waals surface area contributed by atoms with Crippen molar-refractivity contribution in [3.05, 3.63) is 69.3 Å². The van der Waals surface area contributed by atoms with Crippen molar-refractivity contribution in [2.24, 2.45) is 0 Å². The molecule has 0 saturated carbocycles. The van der Waals surface area contributed by atoms with Crippen molar-refractivity contribution in [2.75, 3.05) is 17.1 Å². The van der Waals surface area contributed by atoms with Gasteiger partial charge in [0.2, 0.25) is 15.9 Å². The number of aryl methyl sites for hydroxylation is 3. The van der Waals surface area contributed by atoms with Crippen molar-refractivity contribution in [1.82, 2.24) is 5.32 Å². The number of carbonyl (C=O) groups is 1. The molecule has 0 aliphatic rings. The molecule has 30 heavy (non-hydrogen) atoms. The van der Waals surface area contributed by atoms with Crippen molar-refractivity contribution >= 4 is 27.3 Å². The first-order valence-electron chi connectivity index (χ1n) is 9.58. The molecule has 0 saturated heterocycles. The van der Waals surface area contributed by atoms with Crippen LogP contribution in [0.4, 0.5) is 11.4 Å². The van der Waals surface area contributed by atoms with E-state index in [-0.39, 0.29) is 11.4 Å². The largest absolute Gasteiger partial charge is 0.354 e. The predicted molar refractivity (Wildman–Crippen MR) is 117 cm³/mol. The predicted octanol–water partition coefficient (Wildman–Crippen LogP) is 3.12. The first kappa shape index (κ1) is 23.3. The highest BCUT2D eigenvalue weighted by Crippen LogP contribution is 2.29. The molecule has 0 aliphatic carbocycles. The maximum atomic E-state index is 12.6. The lowest BCUT2D eigenvalue weighted by Crippen LogP contribution is -2.48. The minimum Gasteiger partial charge on any atom is -0.354 e. The highest BCUT2D eigenvalue weighted by molar-refractivity contribution is 7.92. The lowest BCUT2D eigenvalue weighted by atomic mass is 10.1. The topological polar surface area (TPSA) is 110 Å². The minimum absolute atomic E-state index is 0.120. The number of rotatable bonds is 9. The van der Waals surface area contributed by atoms with Crippen LogP contribution in [0.3, 0.4) is 0 Å². The fourth-order valence-electron chi connectivity index (χ4n) is 3.25. The summed E-state index contributed by atoms with van der Waals surface area (Å²) < 4.78 is 25.8. The van der Waals surface area contributed by atoms with Crippen LogP contribution in [0.2, 0.25) is 0 Å². The Hall–Kier alpha value is -2.94. The zero-order valence-corrected chi connectivity index (χ0v) is 18.4. The molecule has 9 heteroatoms. The van der Waals surface area contributed by atoms with Gasteiger partial charge in [-0.2, -0.15) is 0 Å². The molecule has 0 radical (unpaired) electrons. The number of anilines is 1. The van der Waals surface area contributed by atoms with Gasteiger partial charge < -0.3 is 5.32 Å². The molecule has 2 aromatic rings. The maximum absolute atomic E-state index is 12.6. The molecule has 2 rings (SSSR count). The molecule has 0 heterocycles. The molecule has 2 aromatic carbocycles. The molecule has 8 nitrogen and oxygen atoms in total. The van der Waals surface area contributed by atoms with Crippen LogP contribution in [0.5, 0.6) is 0 Å². The Labute approximate surface area is 177 Å². The number of amides is 1. The van der Waals surface area contributed by atoms with Crippen LogP contribution in [0.1, 0.15) is 30.0 Å². The number of hydrogen-bond acceptors (Lipinski definition) is 5. The third kappa shape index (κ3) is 6.03. The minimum atomic E-state index is -3.86. The second kappa shape index (κ2) is 9.71. The van der Waals surface area contributed by atoms with Crippen molar-refractivity contribution in [1.29, 1.82) is 0 Å². The number of sulfonamides is 1. The third-order valence-corrected chi connectivity index (χ3v) is 5.98. The van der Waals surface area contributed by atoms with Crippen molar-refractivity contribution in [3.63, 3.8) is 0 Å². The van der Waals surface area contributed by atoms with E-state index in [0.29, 0.717) is 18.5 Å². The summed E-state index contributed by atoms with van der Waals surface area (Å²) in [6.45, 7) is 5.52. The number of hydrogen-bond donors (Lipinski definition) is 1. The van der Waals surface area contributed by atoms with E-state index in [2.05, 4.69) is 11.4 Å². The Balaban J connectivity index is 2.12. The molecule has 1 N–H and O–H groups in total. The maximum Gasteiger partial charge on any atom is 0.271 e. The first-order chi connectivity index (χ1) is 14.0. The average Bonchev–Trinajstić information content (AvgIpc) is 2.65. The molecule has 0 bridgehead atoms. The Morgan fingerprint density at radius 2 is 1.90 bits per heavy atom. The van der Waals surface area contributed by atoms with E-state index in [1.807, 2.05) is 25.1 Å². The van der Waals surface area contributed by atoms with Crippen LogP contribution >= 0.6 is 0 Å². The standard InChI is InChI=1S/C21H27N3O5S/c1-15-7-5-8-18(13-15)9-6-12-22-21(25)17(3)23(30(4,28)29)20-14-19(24(26)27)11-10-16(20)2/h5,7-8,10-11,13-14,17H,6,9,12H2,1-4H3,(H,22,25). The van der Waals surface area contributed by atoms with Crippen LogP contribution in [0, 0.1) is 24.0 Å². The molecule has 0 fully saturated rings. The summed E-state index contributed by atoms with van der Waals surface area (Å²) in [6, 6.07) is 11.0. The number of nitrogens with zero attached hydrogens (tertiary/aromatic N) is 2. The second-order valence-electron chi connectivity index (χ2n) is 7.35. The molecule has 0 spiro atoms. The lowest BCUT2D eigenvalue weighted by molar-refractivity contribution is -0.384. The number of carbonyl (C=O) groups excluding carboxylic acids is 1. The number of non-ortho nitro benzene ring substituents is 1. The highest BCUT2D eigenvalue weighted by Gasteiger charge is 2.31. The summed E-state index contributed by atoms with van der Waals surface area (Å²) >= 11 is 0. The van der Waals surface area contributed by atoms with Crippen LogP contribution < -0.4 is 9.62 Å². The Morgan fingerprint density at radius 1 is 1.20 bits per heavy atom. The van der Waals surface area contributed by atoms with E-state index >= 15 is 0 Å². The fourth-order valence-corrected chi connectivity index (χ4v) is 4.47. The van der Waals surface area contributed by atoms with Crippen LogP contribution in [0.15, 0.2) is 42.5 Å². The van der Waals surface area contributed by atoms with Gasteiger partial charge in [-0.25, -0.2) is 8.42 Å². The van der Waals surface area contributed by atoms with E-state index in [0.717, 1.165) is 17.0 Å². The number of nitro benzene ring substituents is 1. The van der Waals surface area contributed by atoms with E-state index in [1.165, 1.54) is 36.2 Å². The lowest BCUT2D eigenvalue weighted by Gasteiger charge is -2.29. The highest BCUT2D eigenvalue weighted by atomic mass is 32.2. The van der Waals surface area contributed by atoms with Gasteiger partial charge in [0.05, 0.1) is 16.9 Å². The van der Waals surface area contributed by atoms with Gasteiger partial charge in [-0.05, 0) is 44.7 Å². The van der Waals surface area contributed by atoms with Crippen LogP contribution in [-0.2, 0) is 21.2 Å². The molecule has 1 amide bonds. The van der Waals surface area contributed by atoms with Gasteiger partial charge >= 0.3 is 0 Å². The molecule has 1 unspecified atom stereocenters. The Bertz CT molecular complexity index is 1040. The molecule has 0 aliphatic heterocycles. The summed E-state index contributed by atoms with van der Waals surface area (Å²) in [6.07, 6.45) is 2.47. The van der Waals surface area contributed by atoms with Gasteiger partial charge in [0.15, 0.2) is 0 Å². The number of benzene rings is 2. The summed E-state index contributed by atoms with van der Waals surface area (Å²) in [7, 11) is -3.86. The van der Waals surface area contributed by atoms with Gasteiger partial charge in [-0.3, -0.25) is 19.2 Å². The Kier molecular flexibility index (Phi) is 7.55. The third-order valence-electron chi connectivity index (χ3n) is 4.75. The number of nitrogens with one attached hydrogen (secondary N) is 1. The fraction of sp³-hybridized carbons (Fsp3) is 0.381. The van der Waals surface area contributed by atoms with Crippen LogP contribution in [0.25, 0.3) is 0 Å². The van der Waals surface area contributed by atoms with Gasteiger partial charge in [0.1, 0.15) is 6.04 Å². The monoisotopic (exact) mass is 433 g/mol. The van der Waals surface area contributed by atoms with Gasteiger partial charge in [0, 0.05) is 18.7 Å². The quantitative estimate of drug-likeness (QED) is 0.371. The zero-order valence-electron chi connectivity index (χ0n) is 17.6. The second-order valence-corrected chi connectivity index (χ2v) is 9.21. The molecule has 0 aromatic heterocycles. The Morgan fingerprint density at radius 3 is 2.50 bits per heavy atom. The van der Waals surface area contributed by atoms with Crippen molar-refractivity contribution in [3.8, 4) is 0 Å². The van der Waals surface area contributed by atoms with Crippen molar-refractivity contribution in [2.45, 2.75) is 39.7 Å². The molecule has 162 valence electrons. The zero-order chi connectivity index (χ0) is 22.5. The SMILES string of the molecule is Cc1cccc(CCCNC(=O)C(C)N(c2cc([N+](=O)[O-])ccc2C)S(C)(=O)=O)c1. The summed E-state index contributed by atoms with van der Waals surface area (Å²) in [5.74, 6) is -0.462. The molecular weight excluding hydrogens is 406 g/mol. The van der Waals surface area contributed by atoms with Gasteiger partial charge in [-0.15, -0.1) is 0 Å². The molecule has 1 atom stereocenters. The van der Waals surface area contributed by atoms with Gasteiger partial charge in [-0.1, -0.05) is 35.9 Å². The first-order valence-corrected chi connectivity index (χ1v) is 11.4. The van der Waals surface area contributed by atoms with Gasteiger partial charge in [0.25, 0.3) is 5.69 Å². The molecular formula is C21H27N3O5S. The summed E-state index contributed by atoms with van der Waals surface area (Å²) in [4.78, 5) is 23.2. The average molecular weight is 434 g/mol. The summed E-state index contributed by atoms with van der Waals surface area (Å²) in [5.41, 5.74) is 2.73. The van der Waals surface area contributed by atoms with Crippen molar-refractivity contribution < 1.29 is 18.1 Å². The normalized spacial score (nSPS) is 12.3. The van der Waals surface area contributed by atoms with E-state index in [4.69, 9.17) is 0 Å². The van der Waals surface area contributed by atoms with E-state index in [1.54, 1.807) is 6.92 Å². The summed E-state index contributed by atoms with van der Waals surface area (Å²) in [5, 5.41) is 13.9. The van der Waals surface area contributed by atoms with E-state index in [9.17, 15) is 23.3 Å². The smallest absolute Gasteiger partial charge is 0.271 e. The number of nitro groups is 1. The van der Waals surface area contributed by atoms with E-state index < -0.39 is 26.9 Å². The van der Waals surface area contributed by atoms with Crippen LogP contribution in [-0.4, -0.2) is 38.1 Å².